The number of para-hydroxylation sites is 1. The Morgan fingerprint density at radius 1 is 0.932 bits per heavy atom. The largest absolute Gasteiger partial charge is 0.370 e. The van der Waals surface area contributed by atoms with E-state index in [9.17, 15) is 13.0 Å². The first kappa shape index (κ1) is 32.7. The molecule has 0 saturated carbocycles. The predicted molar refractivity (Wildman–Crippen MR) is 180 cm³/mol. The second-order valence-corrected chi connectivity index (χ2v) is 13.2. The molecule has 2 aromatic heterocycles. The van der Waals surface area contributed by atoms with Crippen LogP contribution in [0.5, 0.6) is 0 Å². The normalized spacial score (nSPS) is 17.0. The standard InChI is InChI=1S/C28H30Cl3N7O3S.C2H6/c1-35-10-12-36(13-11-35)18-6-8-37(9-7-18)26-15-21(29)24(14-22(26)30)33-28-32-16-23(31)27(34-28)20-17-38(42(39,40)41)25-5-3-2-4-19(20)25;1-2/h2-5,14-18H,6-13H2,1H3,(H,32,33,34)(H,39,40,41);1-2H3. The summed E-state index contributed by atoms with van der Waals surface area (Å²) in [5.41, 5.74) is 2.40. The molecule has 6 rings (SSSR count). The molecule has 2 N–H and O–H groups in total. The van der Waals surface area contributed by atoms with Crippen LogP contribution < -0.4 is 10.2 Å². The number of piperidine rings is 1. The van der Waals surface area contributed by atoms with E-state index in [-0.39, 0.29) is 22.2 Å². The zero-order valence-corrected chi connectivity index (χ0v) is 27.9. The molecule has 10 nitrogen and oxygen atoms in total. The molecule has 0 radical (unpaired) electrons. The lowest BCUT2D eigenvalue weighted by molar-refractivity contribution is 0.0982. The molecule has 236 valence electrons. The number of hydrogen-bond donors (Lipinski definition) is 2. The van der Waals surface area contributed by atoms with Gasteiger partial charge in [-0.1, -0.05) is 66.8 Å². The van der Waals surface area contributed by atoms with Crippen molar-refractivity contribution in [1.29, 1.82) is 0 Å². The van der Waals surface area contributed by atoms with Gasteiger partial charge < -0.3 is 15.1 Å². The average Bonchev–Trinajstić information content (AvgIpc) is 3.42. The summed E-state index contributed by atoms with van der Waals surface area (Å²) in [6, 6.07) is 10.9. The third kappa shape index (κ3) is 6.94. The van der Waals surface area contributed by atoms with Crippen molar-refractivity contribution in [2.75, 3.05) is 56.5 Å². The summed E-state index contributed by atoms with van der Waals surface area (Å²) >= 11 is 19.9. The van der Waals surface area contributed by atoms with Crippen LogP contribution in [0, 0.1) is 0 Å². The van der Waals surface area contributed by atoms with Gasteiger partial charge in [0.2, 0.25) is 5.95 Å². The molecule has 14 heteroatoms. The Balaban J connectivity index is 0.00000188. The molecular weight excluding hydrogens is 645 g/mol. The summed E-state index contributed by atoms with van der Waals surface area (Å²) in [4.78, 5) is 16.1. The van der Waals surface area contributed by atoms with Gasteiger partial charge in [-0.2, -0.15) is 8.42 Å². The molecule has 2 aromatic carbocycles. The molecule has 0 aliphatic carbocycles. The van der Waals surface area contributed by atoms with Crippen LogP contribution in [0.1, 0.15) is 26.7 Å². The third-order valence-electron chi connectivity index (χ3n) is 8.07. The molecule has 0 bridgehead atoms. The Kier molecular flexibility index (Phi) is 10.3. The summed E-state index contributed by atoms with van der Waals surface area (Å²) in [6.07, 6.45) is 4.85. The van der Waals surface area contributed by atoms with Gasteiger partial charge in [0, 0.05) is 62.5 Å². The number of benzene rings is 2. The van der Waals surface area contributed by atoms with E-state index in [2.05, 4.69) is 37.0 Å². The van der Waals surface area contributed by atoms with E-state index in [0.29, 0.717) is 32.7 Å². The first-order valence-corrected chi connectivity index (χ1v) is 17.2. The maximum absolute atomic E-state index is 12.0. The molecule has 2 saturated heterocycles. The van der Waals surface area contributed by atoms with Gasteiger partial charge in [-0.25, -0.2) is 13.9 Å². The number of aromatic nitrogens is 3. The second kappa shape index (κ2) is 13.8. The number of rotatable bonds is 6. The van der Waals surface area contributed by atoms with Crippen LogP contribution in [-0.4, -0.2) is 89.1 Å². The zero-order chi connectivity index (χ0) is 31.6. The second-order valence-electron chi connectivity index (χ2n) is 10.7. The third-order valence-corrected chi connectivity index (χ3v) is 9.76. The molecule has 44 heavy (non-hydrogen) atoms. The van der Waals surface area contributed by atoms with E-state index >= 15 is 0 Å². The minimum atomic E-state index is -4.55. The SMILES string of the molecule is CC.CN1CCN(C2CCN(c3cc(Cl)c(Nc4ncc(Cl)c(-c5cn(S(=O)(=O)O)c6ccccc56)n4)cc3Cl)CC2)CC1. The van der Waals surface area contributed by atoms with Gasteiger partial charge in [-0.3, -0.25) is 9.45 Å². The Morgan fingerprint density at radius 3 is 2.30 bits per heavy atom. The number of nitrogens with zero attached hydrogens (tertiary/aromatic N) is 6. The van der Waals surface area contributed by atoms with Crippen molar-refractivity contribution < 1.29 is 13.0 Å². The van der Waals surface area contributed by atoms with Crippen molar-refractivity contribution in [3.05, 3.63) is 63.9 Å². The van der Waals surface area contributed by atoms with E-state index in [1.54, 1.807) is 30.3 Å². The van der Waals surface area contributed by atoms with Crippen molar-refractivity contribution in [3.8, 4) is 11.3 Å². The fourth-order valence-electron chi connectivity index (χ4n) is 5.80. The lowest BCUT2D eigenvalue weighted by Gasteiger charge is -2.42. The minimum absolute atomic E-state index is 0.191. The van der Waals surface area contributed by atoms with Gasteiger partial charge in [0.1, 0.15) is 0 Å². The summed E-state index contributed by atoms with van der Waals surface area (Å²) in [7, 11) is -2.37. The van der Waals surface area contributed by atoms with Crippen molar-refractivity contribution in [3.63, 3.8) is 0 Å². The number of anilines is 3. The maximum Gasteiger partial charge on any atom is 0.363 e. The molecule has 0 spiro atoms. The number of likely N-dealkylation sites (N-methyl/N-ethyl adjacent to an activating group) is 1. The molecule has 2 aliphatic rings. The van der Waals surface area contributed by atoms with Crippen molar-refractivity contribution >= 4 is 73.3 Å². The highest BCUT2D eigenvalue weighted by molar-refractivity contribution is 7.84. The van der Waals surface area contributed by atoms with Crippen LogP contribution in [0.2, 0.25) is 15.1 Å². The highest BCUT2D eigenvalue weighted by Crippen LogP contribution is 2.39. The van der Waals surface area contributed by atoms with Gasteiger partial charge in [-0.15, -0.1) is 0 Å². The zero-order valence-electron chi connectivity index (χ0n) is 24.8. The van der Waals surface area contributed by atoms with E-state index < -0.39 is 10.3 Å². The molecule has 0 amide bonds. The van der Waals surface area contributed by atoms with Crippen molar-refractivity contribution in [2.45, 2.75) is 32.7 Å². The highest BCUT2D eigenvalue weighted by Gasteiger charge is 2.28. The highest BCUT2D eigenvalue weighted by atomic mass is 35.5. The van der Waals surface area contributed by atoms with Crippen LogP contribution >= 0.6 is 34.8 Å². The van der Waals surface area contributed by atoms with E-state index in [4.69, 9.17) is 34.8 Å². The number of fused-ring (bicyclic) bond motifs is 1. The Bertz CT molecular complexity index is 1740. The van der Waals surface area contributed by atoms with Crippen LogP contribution in [0.4, 0.5) is 17.3 Å². The molecule has 0 atom stereocenters. The van der Waals surface area contributed by atoms with Gasteiger partial charge in [0.25, 0.3) is 0 Å². The van der Waals surface area contributed by atoms with Crippen LogP contribution in [-0.2, 0) is 10.3 Å². The Labute approximate surface area is 273 Å². The summed E-state index contributed by atoms with van der Waals surface area (Å²) < 4.78 is 34.5. The first-order chi connectivity index (χ1) is 21.1. The molecule has 4 aromatic rings. The minimum Gasteiger partial charge on any atom is -0.370 e. The van der Waals surface area contributed by atoms with Crippen LogP contribution in [0.3, 0.4) is 0 Å². The van der Waals surface area contributed by atoms with E-state index in [1.807, 2.05) is 19.9 Å². The molecule has 2 aliphatic heterocycles. The summed E-state index contributed by atoms with van der Waals surface area (Å²) in [6.45, 7) is 10.3. The first-order valence-electron chi connectivity index (χ1n) is 14.6. The Hall–Kier alpha value is -2.64. The molecule has 0 unspecified atom stereocenters. The fourth-order valence-corrected chi connectivity index (χ4v) is 7.13. The van der Waals surface area contributed by atoms with E-state index in [0.717, 1.165) is 61.8 Å². The topological polar surface area (TPSA) is 107 Å². The average molecular weight is 681 g/mol. The van der Waals surface area contributed by atoms with Gasteiger partial charge in [0.15, 0.2) is 0 Å². The molecular formula is C30H36Cl3N7O3S. The van der Waals surface area contributed by atoms with E-state index in [1.165, 1.54) is 12.4 Å². The van der Waals surface area contributed by atoms with Crippen molar-refractivity contribution in [2.24, 2.45) is 0 Å². The smallest absolute Gasteiger partial charge is 0.363 e. The van der Waals surface area contributed by atoms with Crippen molar-refractivity contribution in [1.82, 2.24) is 23.7 Å². The number of halogens is 3. The Morgan fingerprint density at radius 2 is 1.61 bits per heavy atom. The monoisotopic (exact) mass is 679 g/mol. The summed E-state index contributed by atoms with van der Waals surface area (Å²) in [5, 5.41) is 4.89. The lowest BCUT2D eigenvalue weighted by Crippen LogP contribution is -2.52. The fraction of sp³-hybridized carbons (Fsp3) is 0.400. The number of hydrogen-bond acceptors (Lipinski definition) is 8. The van der Waals surface area contributed by atoms with Crippen LogP contribution in [0.15, 0.2) is 48.8 Å². The lowest BCUT2D eigenvalue weighted by atomic mass is 10.0. The maximum atomic E-state index is 12.0. The molecule has 4 heterocycles. The predicted octanol–water partition coefficient (Wildman–Crippen LogP) is 6.70. The van der Waals surface area contributed by atoms with Gasteiger partial charge in [0.05, 0.1) is 43.9 Å². The number of nitrogens with one attached hydrogen (secondary N) is 1. The number of piperazine rings is 1. The van der Waals surface area contributed by atoms with Gasteiger partial charge in [-0.05, 0) is 38.1 Å². The van der Waals surface area contributed by atoms with Crippen LogP contribution in [0.25, 0.3) is 22.2 Å². The quantitative estimate of drug-likeness (QED) is 0.215. The summed E-state index contributed by atoms with van der Waals surface area (Å²) in [5.74, 6) is 0.191. The molecule has 2 fully saturated rings. The van der Waals surface area contributed by atoms with Gasteiger partial charge >= 0.3 is 10.3 Å².